The SMILES string of the molecule is CCC(C)C(C)(O)CNC(C)c1cc(Cl)c(OC)cc1OC. The van der Waals surface area contributed by atoms with E-state index in [1.54, 1.807) is 20.3 Å². The van der Waals surface area contributed by atoms with Gasteiger partial charge in [0.1, 0.15) is 11.5 Å². The smallest absolute Gasteiger partial charge is 0.141 e. The molecule has 126 valence electrons. The second-order valence-corrected chi connectivity index (χ2v) is 6.40. The summed E-state index contributed by atoms with van der Waals surface area (Å²) in [4.78, 5) is 0. The van der Waals surface area contributed by atoms with Crippen molar-refractivity contribution in [2.75, 3.05) is 20.8 Å². The fraction of sp³-hybridized carbons (Fsp3) is 0.647. The molecule has 0 saturated carbocycles. The van der Waals surface area contributed by atoms with E-state index < -0.39 is 5.60 Å². The van der Waals surface area contributed by atoms with Crippen molar-refractivity contribution in [3.05, 3.63) is 22.7 Å². The Morgan fingerprint density at radius 1 is 1.23 bits per heavy atom. The van der Waals surface area contributed by atoms with Gasteiger partial charge in [-0.25, -0.2) is 0 Å². The van der Waals surface area contributed by atoms with E-state index in [-0.39, 0.29) is 12.0 Å². The largest absolute Gasteiger partial charge is 0.496 e. The number of aliphatic hydroxyl groups is 1. The summed E-state index contributed by atoms with van der Waals surface area (Å²) in [5.74, 6) is 1.51. The number of hydrogen-bond acceptors (Lipinski definition) is 4. The van der Waals surface area contributed by atoms with Crippen LogP contribution in [0.15, 0.2) is 12.1 Å². The molecule has 0 bridgehead atoms. The number of nitrogens with one attached hydrogen (secondary N) is 1. The first kappa shape index (κ1) is 19.1. The molecule has 1 aromatic rings. The summed E-state index contributed by atoms with van der Waals surface area (Å²) < 4.78 is 10.6. The van der Waals surface area contributed by atoms with E-state index >= 15 is 0 Å². The van der Waals surface area contributed by atoms with Gasteiger partial charge in [0.25, 0.3) is 0 Å². The Kier molecular flexibility index (Phi) is 6.98. The Bertz CT molecular complexity index is 491. The van der Waals surface area contributed by atoms with Gasteiger partial charge in [0.05, 0.1) is 24.8 Å². The third-order valence-corrected chi connectivity index (χ3v) is 4.71. The van der Waals surface area contributed by atoms with Crippen LogP contribution in [0.1, 0.15) is 45.7 Å². The molecule has 0 heterocycles. The minimum absolute atomic E-state index is 0.00566. The average Bonchev–Trinajstić information content (AvgIpc) is 2.51. The maximum Gasteiger partial charge on any atom is 0.141 e. The van der Waals surface area contributed by atoms with E-state index in [1.165, 1.54) is 0 Å². The molecule has 4 nitrogen and oxygen atoms in total. The molecule has 0 spiro atoms. The molecular weight excluding hydrogens is 302 g/mol. The summed E-state index contributed by atoms with van der Waals surface area (Å²) in [6.45, 7) is 8.51. The fourth-order valence-corrected chi connectivity index (χ4v) is 2.55. The third kappa shape index (κ3) is 4.51. The van der Waals surface area contributed by atoms with E-state index in [0.29, 0.717) is 23.1 Å². The second kappa shape index (κ2) is 8.04. The predicted octanol–water partition coefficient (Wildman–Crippen LogP) is 3.80. The van der Waals surface area contributed by atoms with Gasteiger partial charge in [0.15, 0.2) is 0 Å². The summed E-state index contributed by atoms with van der Waals surface area (Å²) >= 11 is 6.21. The first-order valence-corrected chi connectivity index (χ1v) is 8.01. The normalized spacial score (nSPS) is 16.7. The summed E-state index contributed by atoms with van der Waals surface area (Å²) in [5.41, 5.74) is 0.181. The molecule has 1 rings (SSSR count). The highest BCUT2D eigenvalue weighted by molar-refractivity contribution is 6.32. The molecule has 2 N–H and O–H groups in total. The van der Waals surface area contributed by atoms with Crippen molar-refractivity contribution >= 4 is 11.6 Å². The van der Waals surface area contributed by atoms with Crippen molar-refractivity contribution in [2.24, 2.45) is 5.92 Å². The Morgan fingerprint density at radius 3 is 2.32 bits per heavy atom. The van der Waals surface area contributed by atoms with E-state index in [2.05, 4.69) is 19.2 Å². The van der Waals surface area contributed by atoms with E-state index in [4.69, 9.17) is 21.1 Å². The number of rotatable bonds is 8. The lowest BCUT2D eigenvalue weighted by Gasteiger charge is -2.31. The number of benzene rings is 1. The topological polar surface area (TPSA) is 50.7 Å². The van der Waals surface area contributed by atoms with Crippen molar-refractivity contribution in [1.29, 1.82) is 0 Å². The minimum Gasteiger partial charge on any atom is -0.496 e. The highest BCUT2D eigenvalue weighted by Gasteiger charge is 2.27. The second-order valence-electron chi connectivity index (χ2n) is 6.00. The molecule has 0 fully saturated rings. The average molecular weight is 330 g/mol. The van der Waals surface area contributed by atoms with Crippen LogP contribution in [-0.2, 0) is 0 Å². The molecule has 3 atom stereocenters. The lowest BCUT2D eigenvalue weighted by Crippen LogP contribution is -2.43. The predicted molar refractivity (Wildman–Crippen MR) is 91.1 cm³/mol. The molecule has 3 unspecified atom stereocenters. The van der Waals surface area contributed by atoms with Gasteiger partial charge in [-0.2, -0.15) is 0 Å². The Balaban J connectivity index is 2.89. The first-order chi connectivity index (χ1) is 10.3. The van der Waals surface area contributed by atoms with Gasteiger partial charge < -0.3 is 19.9 Å². The van der Waals surface area contributed by atoms with Crippen molar-refractivity contribution in [1.82, 2.24) is 5.32 Å². The Labute approximate surface area is 138 Å². The van der Waals surface area contributed by atoms with Gasteiger partial charge in [-0.1, -0.05) is 31.9 Å². The Hall–Kier alpha value is -0.970. The molecule has 0 amide bonds. The highest BCUT2D eigenvalue weighted by atomic mass is 35.5. The van der Waals surface area contributed by atoms with Crippen LogP contribution in [0.5, 0.6) is 11.5 Å². The number of ether oxygens (including phenoxy) is 2. The molecule has 0 aliphatic rings. The van der Waals surface area contributed by atoms with Gasteiger partial charge in [0, 0.05) is 24.2 Å². The quantitative estimate of drug-likeness (QED) is 0.761. The minimum atomic E-state index is -0.757. The number of methoxy groups -OCH3 is 2. The number of halogens is 1. The first-order valence-electron chi connectivity index (χ1n) is 7.64. The van der Waals surface area contributed by atoms with Crippen LogP contribution >= 0.6 is 11.6 Å². The molecule has 1 aromatic carbocycles. The Morgan fingerprint density at radius 2 is 1.82 bits per heavy atom. The van der Waals surface area contributed by atoms with Crippen LogP contribution in [0.4, 0.5) is 0 Å². The maximum atomic E-state index is 10.5. The molecule has 0 saturated heterocycles. The molecule has 22 heavy (non-hydrogen) atoms. The molecule has 0 radical (unpaired) electrons. The summed E-state index contributed by atoms with van der Waals surface area (Å²) in [7, 11) is 3.19. The van der Waals surface area contributed by atoms with E-state index in [9.17, 15) is 5.11 Å². The summed E-state index contributed by atoms with van der Waals surface area (Å²) in [5, 5.41) is 14.4. The van der Waals surface area contributed by atoms with Crippen LogP contribution in [0, 0.1) is 5.92 Å². The summed E-state index contributed by atoms with van der Waals surface area (Å²) in [6.07, 6.45) is 0.931. The van der Waals surface area contributed by atoms with Crippen molar-refractivity contribution in [2.45, 2.75) is 45.8 Å². The zero-order valence-electron chi connectivity index (χ0n) is 14.4. The van der Waals surface area contributed by atoms with Gasteiger partial charge in [-0.3, -0.25) is 0 Å². The van der Waals surface area contributed by atoms with Crippen molar-refractivity contribution in [3.63, 3.8) is 0 Å². The lowest BCUT2D eigenvalue weighted by atomic mass is 9.88. The molecule has 0 aromatic heterocycles. The standard InChI is InChI=1S/C17H28ClNO3/c1-7-11(2)17(4,20)10-19-12(3)13-8-14(18)16(22-6)9-15(13)21-5/h8-9,11-12,19-20H,7,10H2,1-6H3. The number of hydrogen-bond donors (Lipinski definition) is 2. The van der Waals surface area contributed by atoms with Crippen LogP contribution in [0.2, 0.25) is 5.02 Å². The molecule has 0 aliphatic heterocycles. The van der Waals surface area contributed by atoms with Gasteiger partial charge in [0.2, 0.25) is 0 Å². The van der Waals surface area contributed by atoms with Gasteiger partial charge in [-0.05, 0) is 25.8 Å². The van der Waals surface area contributed by atoms with Crippen LogP contribution in [0.25, 0.3) is 0 Å². The molecule has 0 aliphatic carbocycles. The highest BCUT2D eigenvalue weighted by Crippen LogP contribution is 2.35. The van der Waals surface area contributed by atoms with Gasteiger partial charge >= 0.3 is 0 Å². The van der Waals surface area contributed by atoms with Crippen LogP contribution in [0.3, 0.4) is 0 Å². The van der Waals surface area contributed by atoms with E-state index in [1.807, 2.05) is 19.9 Å². The summed E-state index contributed by atoms with van der Waals surface area (Å²) in [6, 6.07) is 3.62. The monoisotopic (exact) mass is 329 g/mol. The lowest BCUT2D eigenvalue weighted by molar-refractivity contribution is 0.00359. The van der Waals surface area contributed by atoms with E-state index in [0.717, 1.165) is 12.0 Å². The maximum absolute atomic E-state index is 10.5. The third-order valence-electron chi connectivity index (χ3n) is 4.41. The molecule has 5 heteroatoms. The van der Waals surface area contributed by atoms with Crippen LogP contribution < -0.4 is 14.8 Å². The van der Waals surface area contributed by atoms with Crippen LogP contribution in [-0.4, -0.2) is 31.5 Å². The molecular formula is C17H28ClNO3. The zero-order valence-corrected chi connectivity index (χ0v) is 15.1. The fourth-order valence-electron chi connectivity index (χ4n) is 2.31. The van der Waals surface area contributed by atoms with Crippen molar-refractivity contribution in [3.8, 4) is 11.5 Å². The van der Waals surface area contributed by atoms with Crippen molar-refractivity contribution < 1.29 is 14.6 Å². The zero-order chi connectivity index (χ0) is 16.9. The van der Waals surface area contributed by atoms with Gasteiger partial charge in [-0.15, -0.1) is 0 Å².